The molecule has 0 spiro atoms. The van der Waals surface area contributed by atoms with Crippen LogP contribution >= 0.6 is 15.9 Å². The third kappa shape index (κ3) is 3.37. The van der Waals surface area contributed by atoms with Gasteiger partial charge in [0.1, 0.15) is 11.3 Å². The quantitative estimate of drug-likeness (QED) is 0.837. The highest BCUT2D eigenvalue weighted by molar-refractivity contribution is 9.10. The van der Waals surface area contributed by atoms with Crippen molar-refractivity contribution in [3.05, 3.63) is 46.6 Å². The van der Waals surface area contributed by atoms with Crippen LogP contribution in [-0.4, -0.2) is 4.98 Å². The van der Waals surface area contributed by atoms with Crippen molar-refractivity contribution in [2.45, 2.75) is 6.18 Å². The zero-order valence-electron chi connectivity index (χ0n) is 9.41. The van der Waals surface area contributed by atoms with E-state index in [4.69, 9.17) is 10.5 Å². The molecule has 19 heavy (non-hydrogen) atoms. The van der Waals surface area contributed by atoms with Gasteiger partial charge in [-0.25, -0.2) is 4.98 Å². The van der Waals surface area contributed by atoms with Crippen LogP contribution < -0.4 is 10.5 Å². The molecule has 0 unspecified atom stereocenters. The third-order valence-electron chi connectivity index (χ3n) is 2.18. The molecule has 0 aliphatic heterocycles. The van der Waals surface area contributed by atoms with Crippen LogP contribution in [0, 0.1) is 0 Å². The maximum atomic E-state index is 12.8. The minimum Gasteiger partial charge on any atom is -0.438 e. The van der Waals surface area contributed by atoms with Crippen LogP contribution in [-0.2, 0) is 6.18 Å². The second-order valence-electron chi connectivity index (χ2n) is 3.68. The molecule has 0 atom stereocenters. The summed E-state index contributed by atoms with van der Waals surface area (Å²) in [5.74, 6) is -0.330. The van der Waals surface area contributed by atoms with E-state index in [9.17, 15) is 13.2 Å². The molecule has 1 heterocycles. The summed E-state index contributed by atoms with van der Waals surface area (Å²) in [7, 11) is 0. The first-order valence-corrected chi connectivity index (χ1v) is 5.92. The normalized spacial score (nSPS) is 11.4. The van der Waals surface area contributed by atoms with Gasteiger partial charge in [0.05, 0.1) is 0 Å². The molecule has 0 aliphatic carbocycles. The van der Waals surface area contributed by atoms with Crippen molar-refractivity contribution in [2.24, 2.45) is 0 Å². The van der Waals surface area contributed by atoms with Gasteiger partial charge in [-0.1, -0.05) is 15.9 Å². The highest BCUT2D eigenvalue weighted by Gasteiger charge is 2.35. The van der Waals surface area contributed by atoms with E-state index in [0.29, 0.717) is 10.2 Å². The molecule has 3 nitrogen and oxygen atoms in total. The summed E-state index contributed by atoms with van der Waals surface area (Å²) < 4.78 is 44.0. The van der Waals surface area contributed by atoms with Gasteiger partial charge in [-0.3, -0.25) is 0 Å². The molecule has 1 aromatic carbocycles. The second-order valence-corrected chi connectivity index (χ2v) is 4.59. The number of benzene rings is 1. The van der Waals surface area contributed by atoms with Crippen molar-refractivity contribution in [1.82, 2.24) is 4.98 Å². The van der Waals surface area contributed by atoms with E-state index in [0.717, 1.165) is 6.07 Å². The van der Waals surface area contributed by atoms with E-state index in [-0.39, 0.29) is 5.75 Å². The highest BCUT2D eigenvalue weighted by Crippen LogP contribution is 2.37. The van der Waals surface area contributed by atoms with Gasteiger partial charge in [-0.15, -0.1) is 0 Å². The molecule has 2 rings (SSSR count). The van der Waals surface area contributed by atoms with E-state index in [1.54, 1.807) is 6.07 Å². The lowest BCUT2D eigenvalue weighted by molar-refractivity contribution is -0.138. The van der Waals surface area contributed by atoms with Crippen LogP contribution in [0.5, 0.6) is 11.6 Å². The van der Waals surface area contributed by atoms with E-state index in [1.807, 2.05) is 0 Å². The Labute approximate surface area is 115 Å². The van der Waals surface area contributed by atoms with Crippen LogP contribution in [0.3, 0.4) is 0 Å². The number of nitrogen functional groups attached to an aromatic ring is 1. The number of ether oxygens (including phenoxy) is 1. The molecule has 0 saturated carbocycles. The molecule has 0 saturated heterocycles. The van der Waals surface area contributed by atoms with Crippen molar-refractivity contribution in [1.29, 1.82) is 0 Å². The zero-order valence-corrected chi connectivity index (χ0v) is 11.0. The topological polar surface area (TPSA) is 48.1 Å². The Bertz CT molecular complexity index is 582. The average molecular weight is 333 g/mol. The summed E-state index contributed by atoms with van der Waals surface area (Å²) >= 11 is 3.18. The summed E-state index contributed by atoms with van der Waals surface area (Å²) in [4.78, 5) is 3.60. The smallest absolute Gasteiger partial charge is 0.421 e. The first-order chi connectivity index (χ1) is 8.86. The van der Waals surface area contributed by atoms with E-state index in [2.05, 4.69) is 20.9 Å². The van der Waals surface area contributed by atoms with Crippen LogP contribution in [0.2, 0.25) is 0 Å². The number of anilines is 1. The van der Waals surface area contributed by atoms with Gasteiger partial charge in [0.15, 0.2) is 0 Å². The fourth-order valence-electron chi connectivity index (χ4n) is 1.44. The molecule has 0 amide bonds. The second kappa shape index (κ2) is 5.08. The number of nitrogens with two attached hydrogens (primary N) is 1. The van der Waals surface area contributed by atoms with Crippen molar-refractivity contribution in [2.75, 3.05) is 5.73 Å². The predicted molar refractivity (Wildman–Crippen MR) is 67.9 cm³/mol. The predicted octanol–water partition coefficient (Wildman–Crippen LogP) is 4.24. The molecular formula is C12H8BrF3N2O. The van der Waals surface area contributed by atoms with Gasteiger partial charge in [0.2, 0.25) is 5.88 Å². The number of halogens is 4. The van der Waals surface area contributed by atoms with E-state index in [1.165, 1.54) is 24.4 Å². The number of alkyl halides is 3. The largest absolute Gasteiger partial charge is 0.438 e. The summed E-state index contributed by atoms with van der Waals surface area (Å²) in [6.45, 7) is 0. The molecule has 2 N–H and O–H groups in total. The Hall–Kier alpha value is -1.76. The maximum Gasteiger partial charge on any atom is 0.421 e. The SMILES string of the molecule is Nc1cc(Br)cc(Oc2ncccc2C(F)(F)F)c1. The fraction of sp³-hybridized carbons (Fsp3) is 0.0833. The Morgan fingerprint density at radius 2 is 1.95 bits per heavy atom. The standard InChI is InChI=1S/C12H8BrF3N2O/c13-7-4-8(17)6-9(5-7)19-11-10(12(14,15)16)2-1-3-18-11/h1-6H,17H2. The Morgan fingerprint density at radius 1 is 1.21 bits per heavy atom. The molecule has 100 valence electrons. The monoisotopic (exact) mass is 332 g/mol. The molecular weight excluding hydrogens is 325 g/mol. The lowest BCUT2D eigenvalue weighted by Crippen LogP contribution is -2.08. The van der Waals surface area contributed by atoms with Gasteiger partial charge >= 0.3 is 6.18 Å². The fourth-order valence-corrected chi connectivity index (χ4v) is 1.93. The van der Waals surface area contributed by atoms with Crippen molar-refractivity contribution in [3.8, 4) is 11.6 Å². The van der Waals surface area contributed by atoms with Gasteiger partial charge in [-0.2, -0.15) is 13.2 Å². The van der Waals surface area contributed by atoms with Gasteiger partial charge in [0.25, 0.3) is 0 Å². The number of aromatic nitrogens is 1. The first kappa shape index (κ1) is 13.7. The first-order valence-electron chi connectivity index (χ1n) is 5.12. The Balaban J connectivity index is 2.38. The van der Waals surface area contributed by atoms with Crippen LogP contribution in [0.4, 0.5) is 18.9 Å². The zero-order chi connectivity index (χ0) is 14.0. The molecule has 0 bridgehead atoms. The summed E-state index contributed by atoms with van der Waals surface area (Å²) in [6, 6.07) is 6.63. The number of hydrogen-bond donors (Lipinski definition) is 1. The minimum atomic E-state index is -4.53. The molecule has 0 fully saturated rings. The van der Waals surface area contributed by atoms with Gasteiger partial charge < -0.3 is 10.5 Å². The molecule has 0 aliphatic rings. The number of hydrogen-bond acceptors (Lipinski definition) is 3. The lowest BCUT2D eigenvalue weighted by atomic mass is 10.2. The van der Waals surface area contributed by atoms with Crippen LogP contribution in [0.1, 0.15) is 5.56 Å². The van der Waals surface area contributed by atoms with Gasteiger partial charge in [0, 0.05) is 22.4 Å². The summed E-state index contributed by atoms with van der Waals surface area (Å²) in [6.07, 6.45) is -3.30. The molecule has 1 aromatic heterocycles. The highest BCUT2D eigenvalue weighted by atomic mass is 79.9. The molecule has 7 heteroatoms. The third-order valence-corrected chi connectivity index (χ3v) is 2.64. The minimum absolute atomic E-state index is 0.177. The average Bonchev–Trinajstić information content (AvgIpc) is 2.26. The Morgan fingerprint density at radius 3 is 2.58 bits per heavy atom. The molecule has 2 aromatic rings. The van der Waals surface area contributed by atoms with Crippen molar-refractivity contribution in [3.63, 3.8) is 0 Å². The summed E-state index contributed by atoms with van der Waals surface area (Å²) in [5.41, 5.74) is 5.02. The number of rotatable bonds is 2. The van der Waals surface area contributed by atoms with Crippen LogP contribution in [0.25, 0.3) is 0 Å². The van der Waals surface area contributed by atoms with Gasteiger partial charge in [-0.05, 0) is 24.3 Å². The summed E-state index contributed by atoms with van der Waals surface area (Å²) in [5, 5.41) is 0. The maximum absolute atomic E-state index is 12.8. The Kier molecular flexibility index (Phi) is 3.66. The lowest BCUT2D eigenvalue weighted by Gasteiger charge is -2.12. The number of nitrogens with zero attached hydrogens (tertiary/aromatic N) is 1. The molecule has 0 radical (unpaired) electrons. The van der Waals surface area contributed by atoms with Crippen molar-refractivity contribution >= 4 is 21.6 Å². The van der Waals surface area contributed by atoms with Crippen LogP contribution in [0.15, 0.2) is 41.0 Å². The van der Waals surface area contributed by atoms with E-state index < -0.39 is 17.6 Å². The number of pyridine rings is 1. The van der Waals surface area contributed by atoms with E-state index >= 15 is 0 Å². The van der Waals surface area contributed by atoms with Crippen molar-refractivity contribution < 1.29 is 17.9 Å².